The molecule has 1 aliphatic carbocycles. The van der Waals surface area contributed by atoms with Gasteiger partial charge in [0.05, 0.1) is 0 Å². The van der Waals surface area contributed by atoms with Gasteiger partial charge in [0.25, 0.3) is 0 Å². The van der Waals surface area contributed by atoms with Crippen molar-refractivity contribution in [1.29, 1.82) is 0 Å². The number of allylic oxidation sites excluding steroid dienone is 3. The lowest BCUT2D eigenvalue weighted by Gasteiger charge is -2.09. The predicted molar refractivity (Wildman–Crippen MR) is 49.1 cm³/mol. The van der Waals surface area contributed by atoms with Crippen molar-refractivity contribution in [3.8, 4) is 0 Å². The molecule has 0 aromatic carbocycles. The lowest BCUT2D eigenvalue weighted by molar-refractivity contribution is 0.501. The molecule has 0 amide bonds. The highest BCUT2D eigenvalue weighted by atomic mass is 14.1. The average Bonchev–Trinajstić information content (AvgIpc) is 2.52. The van der Waals surface area contributed by atoms with Crippen LogP contribution in [0.1, 0.15) is 32.6 Å². The molecule has 1 radical (unpaired) electrons. The molecule has 0 heteroatoms. The molecular weight excluding hydrogens is 132 g/mol. The second kappa shape index (κ2) is 4.38. The van der Waals surface area contributed by atoms with E-state index >= 15 is 0 Å². The van der Waals surface area contributed by atoms with Gasteiger partial charge in [-0.1, -0.05) is 31.7 Å². The Morgan fingerprint density at radius 2 is 2.55 bits per heavy atom. The second-order valence-electron chi connectivity index (χ2n) is 3.51. The van der Waals surface area contributed by atoms with Gasteiger partial charge in [0.2, 0.25) is 0 Å². The summed E-state index contributed by atoms with van der Waals surface area (Å²) in [6.07, 6.45) is 11.6. The zero-order valence-corrected chi connectivity index (χ0v) is 7.29. The Bertz CT molecular complexity index is 144. The van der Waals surface area contributed by atoms with E-state index in [2.05, 4.69) is 19.1 Å². The lowest BCUT2D eigenvalue weighted by atomic mass is 9.97. The van der Waals surface area contributed by atoms with Crippen LogP contribution in [0.2, 0.25) is 0 Å². The molecule has 2 unspecified atom stereocenters. The van der Waals surface area contributed by atoms with Crippen molar-refractivity contribution in [2.75, 3.05) is 0 Å². The zero-order valence-electron chi connectivity index (χ0n) is 7.29. The molecule has 0 aromatic heterocycles. The van der Waals surface area contributed by atoms with Crippen LogP contribution in [0.15, 0.2) is 18.2 Å². The molecule has 1 aliphatic rings. The SMILES string of the molecule is [CH]=CC(C)CCC1C=CCC1. The van der Waals surface area contributed by atoms with Crippen molar-refractivity contribution in [1.82, 2.24) is 0 Å². The van der Waals surface area contributed by atoms with E-state index in [4.69, 9.17) is 6.58 Å². The van der Waals surface area contributed by atoms with Gasteiger partial charge < -0.3 is 0 Å². The van der Waals surface area contributed by atoms with Crippen LogP contribution in [-0.4, -0.2) is 0 Å². The van der Waals surface area contributed by atoms with Crippen molar-refractivity contribution in [2.24, 2.45) is 11.8 Å². The summed E-state index contributed by atoms with van der Waals surface area (Å²) in [5.41, 5.74) is 0. The summed E-state index contributed by atoms with van der Waals surface area (Å²) in [6.45, 7) is 7.59. The van der Waals surface area contributed by atoms with E-state index in [1.807, 2.05) is 0 Å². The normalized spacial score (nSPS) is 25.4. The molecule has 11 heavy (non-hydrogen) atoms. The smallest absolute Gasteiger partial charge is 0.0230 e. The van der Waals surface area contributed by atoms with E-state index in [9.17, 15) is 0 Å². The maximum atomic E-state index is 5.41. The van der Waals surface area contributed by atoms with Gasteiger partial charge in [0.1, 0.15) is 0 Å². The predicted octanol–water partition coefficient (Wildman–Crippen LogP) is 3.36. The Balaban J connectivity index is 2.11. The molecule has 61 valence electrons. The zero-order chi connectivity index (χ0) is 8.10. The highest BCUT2D eigenvalue weighted by Crippen LogP contribution is 2.23. The molecule has 0 bridgehead atoms. The Labute approximate surface area is 70.0 Å². The molecule has 0 nitrogen and oxygen atoms in total. The number of rotatable bonds is 4. The molecule has 0 saturated heterocycles. The maximum absolute atomic E-state index is 5.41. The maximum Gasteiger partial charge on any atom is -0.0230 e. The Morgan fingerprint density at radius 1 is 1.73 bits per heavy atom. The summed E-state index contributed by atoms with van der Waals surface area (Å²) in [5.74, 6) is 1.43. The monoisotopic (exact) mass is 149 g/mol. The molecule has 0 aliphatic heterocycles. The fourth-order valence-electron chi connectivity index (χ4n) is 1.51. The van der Waals surface area contributed by atoms with Crippen LogP contribution in [0.5, 0.6) is 0 Å². The first-order chi connectivity index (χ1) is 5.33. The quantitative estimate of drug-likeness (QED) is 0.538. The van der Waals surface area contributed by atoms with Gasteiger partial charge in [-0.3, -0.25) is 0 Å². The Morgan fingerprint density at radius 3 is 3.09 bits per heavy atom. The molecule has 0 spiro atoms. The third-order valence-electron chi connectivity index (χ3n) is 2.43. The third-order valence-corrected chi connectivity index (χ3v) is 2.43. The molecule has 0 fully saturated rings. The first kappa shape index (κ1) is 8.58. The minimum absolute atomic E-state index is 0.587. The summed E-state index contributed by atoms with van der Waals surface area (Å²) < 4.78 is 0. The van der Waals surface area contributed by atoms with E-state index in [0.717, 1.165) is 5.92 Å². The molecule has 0 aromatic rings. The summed E-state index contributed by atoms with van der Waals surface area (Å²) >= 11 is 0. The van der Waals surface area contributed by atoms with Gasteiger partial charge in [-0.05, 0) is 37.5 Å². The fraction of sp³-hybridized carbons (Fsp3) is 0.636. The van der Waals surface area contributed by atoms with Crippen LogP contribution in [0, 0.1) is 18.4 Å². The molecule has 1 rings (SSSR count). The number of hydrogen-bond acceptors (Lipinski definition) is 0. The van der Waals surface area contributed by atoms with Gasteiger partial charge in [0, 0.05) is 0 Å². The van der Waals surface area contributed by atoms with E-state index < -0.39 is 0 Å². The van der Waals surface area contributed by atoms with Gasteiger partial charge in [-0.25, -0.2) is 0 Å². The van der Waals surface area contributed by atoms with Crippen LogP contribution in [0.25, 0.3) is 0 Å². The summed E-state index contributed by atoms with van der Waals surface area (Å²) in [6, 6.07) is 0. The standard InChI is InChI=1S/C11H17/c1-3-10(2)8-9-11-6-4-5-7-11/h1,3-4,6,10-11H,5,7-9H2,2H3. The third kappa shape index (κ3) is 2.92. The average molecular weight is 149 g/mol. The Hall–Kier alpha value is -0.520. The second-order valence-corrected chi connectivity index (χ2v) is 3.51. The highest BCUT2D eigenvalue weighted by Gasteiger charge is 2.09. The van der Waals surface area contributed by atoms with Crippen molar-refractivity contribution in [3.05, 3.63) is 24.8 Å². The van der Waals surface area contributed by atoms with Gasteiger partial charge >= 0.3 is 0 Å². The van der Waals surface area contributed by atoms with E-state index in [0.29, 0.717) is 5.92 Å². The van der Waals surface area contributed by atoms with Crippen LogP contribution >= 0.6 is 0 Å². The molecule has 0 N–H and O–H groups in total. The first-order valence-electron chi connectivity index (χ1n) is 4.54. The Kier molecular flexibility index (Phi) is 3.41. The summed E-state index contributed by atoms with van der Waals surface area (Å²) in [4.78, 5) is 0. The van der Waals surface area contributed by atoms with Crippen LogP contribution in [0.4, 0.5) is 0 Å². The fourth-order valence-corrected chi connectivity index (χ4v) is 1.51. The molecule has 0 saturated carbocycles. The van der Waals surface area contributed by atoms with Crippen LogP contribution in [0.3, 0.4) is 0 Å². The minimum Gasteiger partial charge on any atom is -0.0882 e. The summed E-state index contributed by atoms with van der Waals surface area (Å²) in [7, 11) is 0. The number of hydrogen-bond donors (Lipinski definition) is 0. The van der Waals surface area contributed by atoms with E-state index in [-0.39, 0.29) is 0 Å². The highest BCUT2D eigenvalue weighted by molar-refractivity contribution is 4.96. The van der Waals surface area contributed by atoms with Gasteiger partial charge in [-0.2, -0.15) is 0 Å². The van der Waals surface area contributed by atoms with E-state index in [1.54, 1.807) is 6.08 Å². The van der Waals surface area contributed by atoms with Crippen molar-refractivity contribution >= 4 is 0 Å². The van der Waals surface area contributed by atoms with Gasteiger partial charge in [0.15, 0.2) is 0 Å². The molecule has 0 heterocycles. The lowest BCUT2D eigenvalue weighted by Crippen LogP contribution is -1.96. The minimum atomic E-state index is 0.587. The van der Waals surface area contributed by atoms with Gasteiger partial charge in [-0.15, -0.1) is 0 Å². The van der Waals surface area contributed by atoms with E-state index in [1.165, 1.54) is 25.7 Å². The molecule has 2 atom stereocenters. The van der Waals surface area contributed by atoms with Crippen molar-refractivity contribution in [2.45, 2.75) is 32.6 Å². The largest absolute Gasteiger partial charge is 0.0882 e. The van der Waals surface area contributed by atoms with Crippen LogP contribution in [-0.2, 0) is 0 Å². The topological polar surface area (TPSA) is 0 Å². The molecular formula is C11H17. The van der Waals surface area contributed by atoms with Crippen molar-refractivity contribution < 1.29 is 0 Å². The summed E-state index contributed by atoms with van der Waals surface area (Å²) in [5, 5.41) is 0. The van der Waals surface area contributed by atoms with Crippen LogP contribution < -0.4 is 0 Å². The first-order valence-corrected chi connectivity index (χ1v) is 4.54. The van der Waals surface area contributed by atoms with Crippen molar-refractivity contribution in [3.63, 3.8) is 0 Å².